The van der Waals surface area contributed by atoms with Crippen molar-refractivity contribution in [2.24, 2.45) is 0 Å². The van der Waals surface area contributed by atoms with Gasteiger partial charge in [-0.1, -0.05) is 0 Å². The first-order valence-electron chi connectivity index (χ1n) is 4.15. The highest BCUT2D eigenvalue weighted by molar-refractivity contribution is 4.35. The van der Waals surface area contributed by atoms with Crippen LogP contribution in [-0.2, 0) is 0 Å². The van der Waals surface area contributed by atoms with Gasteiger partial charge in [0.15, 0.2) is 0 Å². The van der Waals surface area contributed by atoms with Crippen LogP contribution in [0.3, 0.4) is 0 Å². The number of hydrogen-bond acceptors (Lipinski definition) is 0. The van der Waals surface area contributed by atoms with E-state index in [1.165, 1.54) is 0 Å². The summed E-state index contributed by atoms with van der Waals surface area (Å²) in [6.45, 7) is 10.0. The van der Waals surface area contributed by atoms with Gasteiger partial charge in [0.05, 0.1) is 19.6 Å². The molecule has 0 N–H and O–H groups in total. The second kappa shape index (κ2) is 4.67. The zero-order valence-corrected chi connectivity index (χ0v) is 7.36. The monoisotopic (exact) mass is 148 g/mol. The van der Waals surface area contributed by atoms with Crippen molar-refractivity contribution in [3.05, 3.63) is 0 Å². The van der Waals surface area contributed by atoms with Crippen molar-refractivity contribution in [3.8, 4) is 0 Å². The minimum absolute atomic E-state index is 0.185. The van der Waals surface area contributed by atoms with Crippen molar-refractivity contribution in [3.63, 3.8) is 0 Å². The highest BCUT2D eigenvalue weighted by atomic mass is 19.1. The normalized spacial score (nSPS) is 12.0. The van der Waals surface area contributed by atoms with E-state index in [0.717, 1.165) is 24.1 Å². The van der Waals surface area contributed by atoms with E-state index in [-0.39, 0.29) is 6.67 Å². The molecule has 62 valence electrons. The van der Waals surface area contributed by atoms with Crippen LogP contribution in [0.5, 0.6) is 0 Å². The molecule has 0 amide bonds. The molecule has 0 heterocycles. The highest BCUT2D eigenvalue weighted by Gasteiger charge is 2.19. The maximum absolute atomic E-state index is 12.0. The molecule has 0 aromatic carbocycles. The Bertz CT molecular complexity index is 71.1. The molecule has 0 atom stereocenters. The number of quaternary nitrogens is 1. The Kier molecular flexibility index (Phi) is 4.62. The van der Waals surface area contributed by atoms with Gasteiger partial charge in [-0.05, 0) is 20.8 Å². The molecule has 0 saturated carbocycles. The van der Waals surface area contributed by atoms with E-state index in [0.29, 0.717) is 6.54 Å². The van der Waals surface area contributed by atoms with Crippen molar-refractivity contribution in [2.45, 2.75) is 20.8 Å². The summed E-state index contributed by atoms with van der Waals surface area (Å²) in [5.41, 5.74) is 0. The van der Waals surface area contributed by atoms with Gasteiger partial charge in [-0.25, -0.2) is 4.39 Å². The van der Waals surface area contributed by atoms with Gasteiger partial charge >= 0.3 is 0 Å². The molecular weight excluding hydrogens is 129 g/mol. The van der Waals surface area contributed by atoms with E-state index in [4.69, 9.17) is 0 Å². The zero-order chi connectivity index (χ0) is 8.04. The summed E-state index contributed by atoms with van der Waals surface area (Å²) in [7, 11) is 0. The van der Waals surface area contributed by atoms with Crippen molar-refractivity contribution in [1.29, 1.82) is 0 Å². The van der Waals surface area contributed by atoms with E-state index in [1.807, 2.05) is 0 Å². The maximum Gasteiger partial charge on any atom is 0.138 e. The molecule has 0 bridgehead atoms. The third-order valence-electron chi connectivity index (χ3n) is 2.57. The van der Waals surface area contributed by atoms with Crippen LogP contribution in [-0.4, -0.2) is 37.3 Å². The first kappa shape index (κ1) is 9.89. The SMILES string of the molecule is CC[N+](CC)(CC)CCF. The van der Waals surface area contributed by atoms with Crippen LogP contribution in [0, 0.1) is 0 Å². The summed E-state index contributed by atoms with van der Waals surface area (Å²) in [5, 5.41) is 0. The maximum atomic E-state index is 12.0. The smallest absolute Gasteiger partial charge is 0.138 e. The third kappa shape index (κ3) is 2.25. The molecule has 0 fully saturated rings. The van der Waals surface area contributed by atoms with Crippen LogP contribution in [0.2, 0.25) is 0 Å². The zero-order valence-electron chi connectivity index (χ0n) is 7.36. The van der Waals surface area contributed by atoms with Crippen LogP contribution in [0.1, 0.15) is 20.8 Å². The number of hydrogen-bond donors (Lipinski definition) is 0. The summed E-state index contributed by atoms with van der Waals surface area (Å²) >= 11 is 0. The summed E-state index contributed by atoms with van der Waals surface area (Å²) in [6.07, 6.45) is 0. The van der Waals surface area contributed by atoms with Crippen LogP contribution < -0.4 is 0 Å². The number of nitrogens with zero attached hydrogens (tertiary/aromatic N) is 1. The Balaban J connectivity index is 3.87. The first-order valence-corrected chi connectivity index (χ1v) is 4.15. The first-order chi connectivity index (χ1) is 4.74. The highest BCUT2D eigenvalue weighted by Crippen LogP contribution is 2.04. The molecule has 0 aromatic rings. The van der Waals surface area contributed by atoms with Gasteiger partial charge in [-0.15, -0.1) is 0 Å². The van der Waals surface area contributed by atoms with Gasteiger partial charge < -0.3 is 4.48 Å². The molecule has 0 aromatic heterocycles. The average molecular weight is 148 g/mol. The minimum Gasteiger partial charge on any atom is -0.322 e. The van der Waals surface area contributed by atoms with E-state index in [2.05, 4.69) is 20.8 Å². The molecule has 0 aliphatic heterocycles. The quantitative estimate of drug-likeness (QED) is 0.522. The fourth-order valence-corrected chi connectivity index (χ4v) is 1.32. The molecule has 0 aliphatic rings. The fourth-order valence-electron chi connectivity index (χ4n) is 1.32. The molecular formula is C8H19FN+. The molecule has 0 rings (SSSR count). The topological polar surface area (TPSA) is 0 Å². The Morgan fingerprint density at radius 1 is 1.00 bits per heavy atom. The number of rotatable bonds is 5. The van der Waals surface area contributed by atoms with Gasteiger partial charge in [0.1, 0.15) is 13.2 Å². The lowest BCUT2D eigenvalue weighted by atomic mass is 10.3. The fraction of sp³-hybridized carbons (Fsp3) is 1.00. The standard InChI is InChI=1S/C8H19FN/c1-4-10(5-2,6-3)8-7-9/h4-8H2,1-3H3/q+1. The van der Waals surface area contributed by atoms with Crippen molar-refractivity contribution < 1.29 is 8.87 Å². The van der Waals surface area contributed by atoms with Crippen LogP contribution in [0.4, 0.5) is 4.39 Å². The lowest BCUT2D eigenvalue weighted by molar-refractivity contribution is -0.923. The van der Waals surface area contributed by atoms with Crippen molar-refractivity contribution >= 4 is 0 Å². The molecule has 0 spiro atoms. The summed E-state index contributed by atoms with van der Waals surface area (Å²) in [4.78, 5) is 0. The molecule has 1 nitrogen and oxygen atoms in total. The Labute approximate surface area is 63.4 Å². The predicted octanol–water partition coefficient (Wildman–Crippen LogP) is 1.83. The van der Waals surface area contributed by atoms with Gasteiger partial charge in [0.25, 0.3) is 0 Å². The molecule has 0 aliphatic carbocycles. The Hall–Kier alpha value is -0.110. The summed E-state index contributed by atoms with van der Waals surface area (Å²) in [5.74, 6) is 0. The van der Waals surface area contributed by atoms with E-state index < -0.39 is 0 Å². The van der Waals surface area contributed by atoms with E-state index >= 15 is 0 Å². The lowest BCUT2D eigenvalue weighted by Gasteiger charge is -2.34. The summed E-state index contributed by atoms with van der Waals surface area (Å²) in [6, 6.07) is 0. The van der Waals surface area contributed by atoms with Gasteiger partial charge in [0, 0.05) is 0 Å². The average Bonchev–Trinajstić information content (AvgIpc) is 2.01. The molecule has 0 radical (unpaired) electrons. The van der Waals surface area contributed by atoms with E-state index in [9.17, 15) is 4.39 Å². The lowest BCUT2D eigenvalue weighted by Crippen LogP contribution is -2.48. The second-order valence-corrected chi connectivity index (χ2v) is 2.70. The molecule has 0 saturated heterocycles. The third-order valence-corrected chi connectivity index (χ3v) is 2.57. The van der Waals surface area contributed by atoms with Crippen LogP contribution in [0.25, 0.3) is 0 Å². The Morgan fingerprint density at radius 2 is 1.40 bits per heavy atom. The second-order valence-electron chi connectivity index (χ2n) is 2.70. The largest absolute Gasteiger partial charge is 0.322 e. The van der Waals surface area contributed by atoms with Crippen LogP contribution >= 0.6 is 0 Å². The van der Waals surface area contributed by atoms with Crippen molar-refractivity contribution in [2.75, 3.05) is 32.9 Å². The molecule has 2 heteroatoms. The number of halogens is 1. The number of alkyl halides is 1. The Morgan fingerprint density at radius 3 is 1.50 bits per heavy atom. The van der Waals surface area contributed by atoms with Gasteiger partial charge in [0.2, 0.25) is 0 Å². The van der Waals surface area contributed by atoms with Crippen LogP contribution in [0.15, 0.2) is 0 Å². The van der Waals surface area contributed by atoms with Gasteiger partial charge in [-0.2, -0.15) is 0 Å². The minimum atomic E-state index is -0.185. The molecule has 0 unspecified atom stereocenters. The van der Waals surface area contributed by atoms with Crippen molar-refractivity contribution in [1.82, 2.24) is 0 Å². The van der Waals surface area contributed by atoms with E-state index in [1.54, 1.807) is 0 Å². The summed E-state index contributed by atoms with van der Waals surface area (Å²) < 4.78 is 13.0. The predicted molar refractivity (Wildman–Crippen MR) is 42.7 cm³/mol. The molecule has 10 heavy (non-hydrogen) atoms. The van der Waals surface area contributed by atoms with Gasteiger partial charge in [-0.3, -0.25) is 0 Å².